The van der Waals surface area contributed by atoms with E-state index in [0.717, 1.165) is 49.2 Å². The predicted molar refractivity (Wildman–Crippen MR) is 99.8 cm³/mol. The molecule has 2 aliphatic heterocycles. The highest BCUT2D eigenvalue weighted by molar-refractivity contribution is 5.78. The molecule has 0 aliphatic carbocycles. The second-order valence-corrected chi connectivity index (χ2v) is 6.71. The van der Waals surface area contributed by atoms with Crippen LogP contribution in [0, 0.1) is 0 Å². The molecule has 8 heteroatoms. The summed E-state index contributed by atoms with van der Waals surface area (Å²) >= 11 is 0. The van der Waals surface area contributed by atoms with Crippen LogP contribution in [0.1, 0.15) is 18.5 Å². The first kappa shape index (κ1) is 17.5. The Balaban J connectivity index is 1.26. The topological polar surface area (TPSA) is 79.8 Å². The highest BCUT2D eigenvalue weighted by Crippen LogP contribution is 2.34. The molecule has 8 nitrogen and oxygen atoms in total. The third-order valence-corrected chi connectivity index (χ3v) is 4.85. The van der Waals surface area contributed by atoms with E-state index in [0.29, 0.717) is 6.54 Å². The smallest absolute Gasteiger partial charge is 0.234 e. The SMILES string of the molecule is C[C@H](NC(=O)CN1CCN(c2ncccn2)CC1)c1ccc2c(c1)OCO2. The molecule has 0 bridgehead atoms. The average Bonchev–Trinajstić information content (AvgIpc) is 3.17. The molecular weight excluding hydrogens is 346 g/mol. The summed E-state index contributed by atoms with van der Waals surface area (Å²) in [6, 6.07) is 7.48. The molecule has 1 N–H and O–H groups in total. The summed E-state index contributed by atoms with van der Waals surface area (Å²) < 4.78 is 10.7. The number of benzene rings is 1. The number of carbonyl (C=O) groups excluding carboxylic acids is 1. The van der Waals surface area contributed by atoms with E-state index in [2.05, 4.69) is 25.1 Å². The minimum atomic E-state index is -0.0917. The molecule has 4 rings (SSSR count). The van der Waals surface area contributed by atoms with Crippen molar-refractivity contribution < 1.29 is 14.3 Å². The third kappa shape index (κ3) is 4.11. The van der Waals surface area contributed by atoms with Gasteiger partial charge >= 0.3 is 0 Å². The predicted octanol–water partition coefficient (Wildman–Crippen LogP) is 1.20. The van der Waals surface area contributed by atoms with Gasteiger partial charge in [-0.25, -0.2) is 9.97 Å². The van der Waals surface area contributed by atoms with Crippen LogP contribution in [0.15, 0.2) is 36.7 Å². The number of nitrogens with one attached hydrogen (secondary N) is 1. The third-order valence-electron chi connectivity index (χ3n) is 4.85. The number of piperazine rings is 1. The molecule has 1 atom stereocenters. The second kappa shape index (κ2) is 7.79. The van der Waals surface area contributed by atoms with Gasteiger partial charge < -0.3 is 19.7 Å². The Bertz CT molecular complexity index is 793. The van der Waals surface area contributed by atoms with Crippen molar-refractivity contribution in [3.8, 4) is 11.5 Å². The number of amides is 1. The summed E-state index contributed by atoms with van der Waals surface area (Å²) in [4.78, 5) is 25.3. The number of hydrogen-bond acceptors (Lipinski definition) is 7. The van der Waals surface area contributed by atoms with Gasteiger partial charge in [0.2, 0.25) is 18.6 Å². The maximum atomic E-state index is 12.4. The molecule has 1 amide bonds. The molecule has 0 unspecified atom stereocenters. The number of carbonyl (C=O) groups is 1. The second-order valence-electron chi connectivity index (χ2n) is 6.71. The number of hydrogen-bond donors (Lipinski definition) is 1. The van der Waals surface area contributed by atoms with Gasteiger partial charge in [-0.3, -0.25) is 9.69 Å². The van der Waals surface area contributed by atoms with Crippen LogP contribution in [0.2, 0.25) is 0 Å². The maximum absolute atomic E-state index is 12.4. The van der Waals surface area contributed by atoms with Gasteiger partial charge in [-0.05, 0) is 30.7 Å². The van der Waals surface area contributed by atoms with Crippen molar-refractivity contribution in [2.45, 2.75) is 13.0 Å². The summed E-state index contributed by atoms with van der Waals surface area (Å²) in [5.41, 5.74) is 0.999. The van der Waals surface area contributed by atoms with E-state index in [1.54, 1.807) is 12.4 Å². The number of anilines is 1. The molecule has 0 spiro atoms. The molecule has 2 aromatic rings. The van der Waals surface area contributed by atoms with Gasteiger partial charge in [0, 0.05) is 38.6 Å². The van der Waals surface area contributed by atoms with E-state index in [-0.39, 0.29) is 18.7 Å². The molecule has 0 saturated carbocycles. The quantitative estimate of drug-likeness (QED) is 0.848. The van der Waals surface area contributed by atoms with Crippen LogP contribution in [0.25, 0.3) is 0 Å². The number of aromatic nitrogens is 2. The fourth-order valence-corrected chi connectivity index (χ4v) is 3.32. The zero-order valence-electron chi connectivity index (χ0n) is 15.3. The largest absolute Gasteiger partial charge is 0.454 e. The van der Waals surface area contributed by atoms with Crippen molar-refractivity contribution in [3.05, 3.63) is 42.2 Å². The lowest BCUT2D eigenvalue weighted by atomic mass is 10.1. The Kier molecular flexibility index (Phi) is 5.06. The van der Waals surface area contributed by atoms with Crippen molar-refractivity contribution in [3.63, 3.8) is 0 Å². The van der Waals surface area contributed by atoms with Crippen molar-refractivity contribution >= 4 is 11.9 Å². The monoisotopic (exact) mass is 369 g/mol. The van der Waals surface area contributed by atoms with E-state index < -0.39 is 0 Å². The van der Waals surface area contributed by atoms with Crippen molar-refractivity contribution in [2.24, 2.45) is 0 Å². The van der Waals surface area contributed by atoms with Crippen LogP contribution in [-0.2, 0) is 4.79 Å². The molecule has 2 aliphatic rings. The van der Waals surface area contributed by atoms with Gasteiger partial charge in [-0.1, -0.05) is 6.07 Å². The molecule has 27 heavy (non-hydrogen) atoms. The minimum Gasteiger partial charge on any atom is -0.454 e. The van der Waals surface area contributed by atoms with Crippen LogP contribution in [-0.4, -0.2) is 60.3 Å². The molecule has 142 valence electrons. The van der Waals surface area contributed by atoms with Gasteiger partial charge in [0.15, 0.2) is 11.5 Å². The number of ether oxygens (including phenoxy) is 2. The van der Waals surface area contributed by atoms with Crippen LogP contribution in [0.4, 0.5) is 5.95 Å². The fraction of sp³-hybridized carbons (Fsp3) is 0.421. The zero-order valence-corrected chi connectivity index (χ0v) is 15.3. The van der Waals surface area contributed by atoms with E-state index >= 15 is 0 Å². The Morgan fingerprint density at radius 2 is 1.89 bits per heavy atom. The summed E-state index contributed by atoms with van der Waals surface area (Å²) in [6.07, 6.45) is 3.50. The normalized spacial score (nSPS) is 17.6. The molecule has 0 radical (unpaired) electrons. The number of fused-ring (bicyclic) bond motifs is 1. The van der Waals surface area contributed by atoms with Crippen molar-refractivity contribution in [1.29, 1.82) is 0 Å². The lowest BCUT2D eigenvalue weighted by Gasteiger charge is -2.34. The highest BCUT2D eigenvalue weighted by Gasteiger charge is 2.22. The van der Waals surface area contributed by atoms with Crippen LogP contribution < -0.4 is 19.7 Å². The Morgan fingerprint density at radius 3 is 2.67 bits per heavy atom. The maximum Gasteiger partial charge on any atom is 0.234 e. The van der Waals surface area contributed by atoms with Gasteiger partial charge in [-0.15, -0.1) is 0 Å². The van der Waals surface area contributed by atoms with Crippen LogP contribution in [0.5, 0.6) is 11.5 Å². The minimum absolute atomic E-state index is 0.0181. The van der Waals surface area contributed by atoms with Crippen molar-refractivity contribution in [2.75, 3.05) is 44.4 Å². The highest BCUT2D eigenvalue weighted by atomic mass is 16.7. The summed E-state index contributed by atoms with van der Waals surface area (Å²) in [5, 5.41) is 3.06. The first-order valence-electron chi connectivity index (χ1n) is 9.12. The average molecular weight is 369 g/mol. The van der Waals surface area contributed by atoms with Crippen LogP contribution >= 0.6 is 0 Å². The molecule has 3 heterocycles. The Morgan fingerprint density at radius 1 is 1.15 bits per heavy atom. The number of nitrogens with zero attached hydrogens (tertiary/aromatic N) is 4. The summed E-state index contributed by atoms with van der Waals surface area (Å²) in [6.45, 7) is 5.86. The van der Waals surface area contributed by atoms with Gasteiger partial charge in [0.25, 0.3) is 0 Å². The first-order valence-corrected chi connectivity index (χ1v) is 9.12. The molecule has 1 aromatic heterocycles. The zero-order chi connectivity index (χ0) is 18.6. The Hall–Kier alpha value is -2.87. The van der Waals surface area contributed by atoms with E-state index in [4.69, 9.17) is 9.47 Å². The lowest BCUT2D eigenvalue weighted by molar-refractivity contribution is -0.123. The molecule has 1 saturated heterocycles. The molecular formula is C19H23N5O3. The number of rotatable bonds is 5. The summed E-state index contributed by atoms with van der Waals surface area (Å²) in [5.74, 6) is 2.24. The summed E-state index contributed by atoms with van der Waals surface area (Å²) in [7, 11) is 0. The van der Waals surface area contributed by atoms with Gasteiger partial charge in [0.1, 0.15) is 0 Å². The van der Waals surface area contributed by atoms with Crippen LogP contribution in [0.3, 0.4) is 0 Å². The van der Waals surface area contributed by atoms with Gasteiger partial charge in [-0.2, -0.15) is 0 Å². The standard InChI is InChI=1S/C19H23N5O3/c1-14(15-3-4-16-17(11-15)27-13-26-16)22-18(25)12-23-7-9-24(10-8-23)19-20-5-2-6-21-19/h2-6,11,14H,7-10,12-13H2,1H3,(H,22,25)/t14-/m0/s1. The first-order chi connectivity index (χ1) is 13.2. The van der Waals surface area contributed by atoms with Crippen molar-refractivity contribution in [1.82, 2.24) is 20.2 Å². The molecule has 1 aromatic carbocycles. The lowest BCUT2D eigenvalue weighted by Crippen LogP contribution is -2.50. The van der Waals surface area contributed by atoms with Gasteiger partial charge in [0.05, 0.1) is 12.6 Å². The van der Waals surface area contributed by atoms with E-state index in [1.165, 1.54) is 0 Å². The van der Waals surface area contributed by atoms with E-state index in [9.17, 15) is 4.79 Å². The molecule has 1 fully saturated rings. The fourth-order valence-electron chi connectivity index (χ4n) is 3.32. The Labute approximate surface area is 158 Å². The van der Waals surface area contributed by atoms with E-state index in [1.807, 2.05) is 31.2 Å².